The van der Waals surface area contributed by atoms with Crippen LogP contribution in [0.4, 0.5) is 0 Å². The molecule has 0 heterocycles. The molecule has 0 aromatic heterocycles. The van der Waals surface area contributed by atoms with Crippen LogP contribution in [0.25, 0.3) is 0 Å². The molecule has 1 atom stereocenters. The van der Waals surface area contributed by atoms with E-state index in [1.54, 1.807) is 0 Å². The third-order valence-corrected chi connectivity index (χ3v) is 1.18. The number of nitrogens with zero attached hydrogens (tertiary/aromatic N) is 1. The number of nitrogens with two attached hydrogens (primary N) is 1. The summed E-state index contributed by atoms with van der Waals surface area (Å²) in [6, 6.07) is 1.83. The number of allylic oxidation sites excluding steroid dienone is 1. The summed E-state index contributed by atoms with van der Waals surface area (Å²) in [6.07, 6.45) is 4.01. The first-order valence-electron chi connectivity index (χ1n) is 3.15. The molecule has 2 heteroatoms. The van der Waals surface area contributed by atoms with E-state index in [0.717, 1.165) is 5.57 Å². The Labute approximate surface area is 61.6 Å². The van der Waals surface area contributed by atoms with Crippen molar-refractivity contribution in [3.8, 4) is 6.07 Å². The molecule has 10 heavy (non-hydrogen) atoms. The van der Waals surface area contributed by atoms with Gasteiger partial charge in [0, 0.05) is 6.04 Å². The molecule has 0 rings (SSSR count). The van der Waals surface area contributed by atoms with E-state index in [1.807, 2.05) is 25.1 Å². The van der Waals surface area contributed by atoms with Crippen molar-refractivity contribution in [2.45, 2.75) is 19.4 Å². The minimum atomic E-state index is -0.162. The Kier molecular flexibility index (Phi) is 4.26. The summed E-state index contributed by atoms with van der Waals surface area (Å²) < 4.78 is 0. The number of hydrogen-bond acceptors (Lipinski definition) is 2. The summed E-state index contributed by atoms with van der Waals surface area (Å²) in [4.78, 5) is 0. The Morgan fingerprint density at radius 2 is 2.50 bits per heavy atom. The van der Waals surface area contributed by atoms with Crippen LogP contribution >= 0.6 is 0 Å². The Bertz CT molecular complexity index is 174. The molecule has 0 saturated carbocycles. The maximum Gasteiger partial charge on any atom is 0.0666 e. The molecule has 54 valence electrons. The van der Waals surface area contributed by atoms with Crippen LogP contribution in [0.1, 0.15) is 13.3 Å². The lowest BCUT2D eigenvalue weighted by Gasteiger charge is -2.04. The van der Waals surface area contributed by atoms with Crippen LogP contribution in [0.2, 0.25) is 0 Å². The minimum absolute atomic E-state index is 0.162. The highest BCUT2D eigenvalue weighted by molar-refractivity contribution is 5.16. The molecule has 0 spiro atoms. The van der Waals surface area contributed by atoms with Gasteiger partial charge in [-0.3, -0.25) is 0 Å². The van der Waals surface area contributed by atoms with Gasteiger partial charge in [-0.15, -0.1) is 0 Å². The fraction of sp³-hybridized carbons (Fsp3) is 0.375. The molecule has 0 aliphatic carbocycles. The molecule has 0 aromatic carbocycles. The predicted octanol–water partition coefficient (Wildman–Crippen LogP) is 1.36. The number of hydrogen-bond donors (Lipinski definition) is 1. The van der Waals surface area contributed by atoms with Crippen LogP contribution in [0, 0.1) is 11.3 Å². The van der Waals surface area contributed by atoms with Gasteiger partial charge in [0.25, 0.3) is 0 Å². The SMILES string of the molecule is C=C(CC#N)C(N)C=CC. The third kappa shape index (κ3) is 3.06. The van der Waals surface area contributed by atoms with Gasteiger partial charge in [-0.2, -0.15) is 5.26 Å². The maximum absolute atomic E-state index is 8.26. The van der Waals surface area contributed by atoms with Crippen LogP contribution in [0.15, 0.2) is 24.3 Å². The zero-order chi connectivity index (χ0) is 7.98. The van der Waals surface area contributed by atoms with Gasteiger partial charge in [-0.1, -0.05) is 18.7 Å². The van der Waals surface area contributed by atoms with Crippen LogP contribution in [-0.4, -0.2) is 6.04 Å². The molecule has 2 nitrogen and oxygen atoms in total. The Morgan fingerprint density at radius 1 is 1.90 bits per heavy atom. The van der Waals surface area contributed by atoms with Gasteiger partial charge in [0.05, 0.1) is 12.5 Å². The van der Waals surface area contributed by atoms with Crippen LogP contribution < -0.4 is 5.73 Å². The van der Waals surface area contributed by atoms with E-state index in [4.69, 9.17) is 11.0 Å². The highest BCUT2D eigenvalue weighted by Crippen LogP contribution is 2.01. The monoisotopic (exact) mass is 136 g/mol. The Morgan fingerprint density at radius 3 is 2.90 bits per heavy atom. The maximum atomic E-state index is 8.26. The summed E-state index contributed by atoms with van der Waals surface area (Å²) in [5.74, 6) is 0. The second-order valence-electron chi connectivity index (χ2n) is 2.04. The van der Waals surface area contributed by atoms with Crippen LogP contribution in [0.5, 0.6) is 0 Å². The molecular weight excluding hydrogens is 124 g/mol. The standard InChI is InChI=1S/C8H12N2/c1-3-4-8(10)7(2)5-6-9/h3-4,8H,2,5,10H2,1H3. The lowest BCUT2D eigenvalue weighted by Crippen LogP contribution is -2.18. The predicted molar refractivity (Wildman–Crippen MR) is 42.2 cm³/mol. The van der Waals surface area contributed by atoms with Gasteiger partial charge in [0.2, 0.25) is 0 Å². The molecule has 0 saturated heterocycles. The van der Waals surface area contributed by atoms with Gasteiger partial charge in [-0.05, 0) is 12.5 Å². The van der Waals surface area contributed by atoms with Crippen molar-refractivity contribution >= 4 is 0 Å². The van der Waals surface area contributed by atoms with Crippen molar-refractivity contribution in [2.24, 2.45) is 5.73 Å². The van der Waals surface area contributed by atoms with E-state index < -0.39 is 0 Å². The van der Waals surface area contributed by atoms with E-state index >= 15 is 0 Å². The summed E-state index contributed by atoms with van der Waals surface area (Å²) in [6.45, 7) is 5.55. The van der Waals surface area contributed by atoms with Crippen molar-refractivity contribution in [3.63, 3.8) is 0 Å². The Hall–Kier alpha value is -1.07. The molecule has 1 unspecified atom stereocenters. The second kappa shape index (κ2) is 4.78. The van der Waals surface area contributed by atoms with Gasteiger partial charge in [-0.25, -0.2) is 0 Å². The molecule has 0 aromatic rings. The summed E-state index contributed by atoms with van der Waals surface area (Å²) in [5.41, 5.74) is 6.34. The minimum Gasteiger partial charge on any atom is -0.321 e. The van der Waals surface area contributed by atoms with Crippen molar-refractivity contribution in [2.75, 3.05) is 0 Å². The van der Waals surface area contributed by atoms with Crippen molar-refractivity contribution in [1.82, 2.24) is 0 Å². The topological polar surface area (TPSA) is 49.8 Å². The molecule has 0 radical (unpaired) electrons. The zero-order valence-electron chi connectivity index (χ0n) is 6.17. The third-order valence-electron chi connectivity index (χ3n) is 1.18. The van der Waals surface area contributed by atoms with Crippen molar-refractivity contribution < 1.29 is 0 Å². The van der Waals surface area contributed by atoms with Crippen LogP contribution in [-0.2, 0) is 0 Å². The van der Waals surface area contributed by atoms with Gasteiger partial charge in [0.15, 0.2) is 0 Å². The number of nitriles is 1. The molecule has 0 bridgehead atoms. The second-order valence-corrected chi connectivity index (χ2v) is 2.04. The summed E-state index contributed by atoms with van der Waals surface area (Å²) in [7, 11) is 0. The number of rotatable bonds is 3. The highest BCUT2D eigenvalue weighted by Gasteiger charge is 1.99. The molecule has 0 aliphatic heterocycles. The van der Waals surface area contributed by atoms with Crippen molar-refractivity contribution in [1.29, 1.82) is 5.26 Å². The lowest BCUT2D eigenvalue weighted by molar-refractivity contribution is 0.920. The highest BCUT2D eigenvalue weighted by atomic mass is 14.6. The summed E-state index contributed by atoms with van der Waals surface area (Å²) in [5, 5.41) is 8.26. The first-order valence-corrected chi connectivity index (χ1v) is 3.15. The van der Waals surface area contributed by atoms with Gasteiger partial charge in [0.1, 0.15) is 0 Å². The van der Waals surface area contributed by atoms with E-state index in [1.165, 1.54) is 0 Å². The van der Waals surface area contributed by atoms with Gasteiger partial charge < -0.3 is 5.73 Å². The quantitative estimate of drug-likeness (QED) is 0.595. The van der Waals surface area contributed by atoms with E-state index in [-0.39, 0.29) is 6.04 Å². The van der Waals surface area contributed by atoms with E-state index in [0.29, 0.717) is 6.42 Å². The zero-order valence-corrected chi connectivity index (χ0v) is 6.17. The summed E-state index contributed by atoms with van der Waals surface area (Å²) >= 11 is 0. The molecule has 0 amide bonds. The smallest absolute Gasteiger partial charge is 0.0666 e. The lowest BCUT2D eigenvalue weighted by atomic mass is 10.1. The normalized spacial score (nSPS) is 12.9. The largest absolute Gasteiger partial charge is 0.321 e. The average molecular weight is 136 g/mol. The molecule has 2 N–H and O–H groups in total. The molecule has 0 aliphatic rings. The molecule has 0 fully saturated rings. The van der Waals surface area contributed by atoms with Gasteiger partial charge >= 0.3 is 0 Å². The van der Waals surface area contributed by atoms with Crippen molar-refractivity contribution in [3.05, 3.63) is 24.3 Å². The average Bonchev–Trinajstić information content (AvgIpc) is 1.89. The van der Waals surface area contributed by atoms with E-state index in [2.05, 4.69) is 6.58 Å². The van der Waals surface area contributed by atoms with E-state index in [9.17, 15) is 0 Å². The van der Waals surface area contributed by atoms with Crippen LogP contribution in [0.3, 0.4) is 0 Å². The first kappa shape index (κ1) is 8.93. The first-order chi connectivity index (χ1) is 4.72. The Balaban J connectivity index is 3.85. The molecular formula is C8H12N2. The fourth-order valence-electron chi connectivity index (χ4n) is 0.563. The fourth-order valence-corrected chi connectivity index (χ4v) is 0.563.